The molecule has 1 aromatic carbocycles. The van der Waals surface area contributed by atoms with Gasteiger partial charge in [0.2, 0.25) is 0 Å². The second-order valence-corrected chi connectivity index (χ2v) is 6.75. The number of methoxy groups -OCH3 is 1. The molecule has 1 aliphatic carbocycles. The minimum Gasteiger partial charge on any atom is -0.493 e. The van der Waals surface area contributed by atoms with E-state index in [9.17, 15) is 9.18 Å². The number of benzene rings is 1. The highest BCUT2D eigenvalue weighted by atomic mass is 35.5. The Morgan fingerprint density at radius 1 is 1.19 bits per heavy atom. The number of nitrogens with one attached hydrogen (secondary N) is 1. The molecular weight excluding hydrogens is 382 g/mol. The van der Waals surface area contributed by atoms with E-state index in [1.807, 2.05) is 0 Å². The van der Waals surface area contributed by atoms with E-state index in [2.05, 4.69) is 10.3 Å². The Morgan fingerprint density at radius 2 is 1.85 bits per heavy atom. The molecule has 0 atom stereocenters. The van der Waals surface area contributed by atoms with Gasteiger partial charge in [0.1, 0.15) is 5.82 Å². The Morgan fingerprint density at radius 3 is 2.46 bits per heavy atom. The highest BCUT2D eigenvalue weighted by Crippen LogP contribution is 2.35. The number of hydrogen-bond donors (Lipinski definition) is 1. The van der Waals surface area contributed by atoms with Crippen molar-refractivity contribution in [3.63, 3.8) is 0 Å². The SMILES string of the molecule is COc1cc(F)c(C(=O)Nc2c(Cl)cncc2Cl)cc1OC1CCCC1. The maximum atomic E-state index is 14.4. The van der Waals surface area contributed by atoms with E-state index in [0.29, 0.717) is 5.75 Å². The van der Waals surface area contributed by atoms with E-state index in [4.69, 9.17) is 32.7 Å². The molecule has 0 saturated heterocycles. The predicted molar refractivity (Wildman–Crippen MR) is 98.0 cm³/mol. The summed E-state index contributed by atoms with van der Waals surface area (Å²) < 4.78 is 25.5. The quantitative estimate of drug-likeness (QED) is 0.759. The molecule has 1 aliphatic rings. The molecule has 2 aromatic rings. The maximum absolute atomic E-state index is 14.4. The fourth-order valence-corrected chi connectivity index (χ4v) is 3.32. The lowest BCUT2D eigenvalue weighted by Crippen LogP contribution is -2.16. The summed E-state index contributed by atoms with van der Waals surface area (Å²) in [4.78, 5) is 16.4. The molecule has 0 bridgehead atoms. The number of pyridine rings is 1. The molecule has 1 fully saturated rings. The summed E-state index contributed by atoms with van der Waals surface area (Å²) in [6.07, 6.45) is 6.72. The van der Waals surface area contributed by atoms with Crippen molar-refractivity contribution in [2.75, 3.05) is 12.4 Å². The molecule has 1 heterocycles. The minimum atomic E-state index is -0.737. The lowest BCUT2D eigenvalue weighted by atomic mass is 10.1. The standard InChI is InChI=1S/C18H17Cl2FN2O3/c1-25-15-7-14(21)11(6-16(15)26-10-4-2-3-5-10)18(24)23-17-12(19)8-22-9-13(17)20/h6-10H,2-5H2,1H3,(H,22,23,24). The lowest BCUT2D eigenvalue weighted by molar-refractivity contribution is 0.102. The maximum Gasteiger partial charge on any atom is 0.258 e. The van der Waals surface area contributed by atoms with Crippen LogP contribution in [0.2, 0.25) is 10.0 Å². The molecule has 1 aromatic heterocycles. The Kier molecular flexibility index (Phi) is 5.84. The molecule has 0 radical (unpaired) electrons. The smallest absolute Gasteiger partial charge is 0.258 e. The van der Waals surface area contributed by atoms with Gasteiger partial charge in [-0.3, -0.25) is 9.78 Å². The van der Waals surface area contributed by atoms with Crippen LogP contribution in [-0.4, -0.2) is 24.1 Å². The molecule has 0 spiro atoms. The summed E-state index contributed by atoms with van der Waals surface area (Å²) in [5, 5.41) is 2.82. The molecule has 0 aliphatic heterocycles. The highest BCUT2D eigenvalue weighted by Gasteiger charge is 2.23. The molecule has 1 saturated carbocycles. The summed E-state index contributed by atoms with van der Waals surface area (Å²) in [5.74, 6) is -0.861. The van der Waals surface area contributed by atoms with Crippen molar-refractivity contribution in [3.05, 3.63) is 46.0 Å². The Balaban J connectivity index is 1.89. The second kappa shape index (κ2) is 8.10. The van der Waals surface area contributed by atoms with Gasteiger partial charge in [-0.25, -0.2) is 4.39 Å². The van der Waals surface area contributed by atoms with Gasteiger partial charge < -0.3 is 14.8 Å². The molecular formula is C18H17Cl2FN2O3. The summed E-state index contributed by atoms with van der Waals surface area (Å²) in [6, 6.07) is 2.47. The van der Waals surface area contributed by atoms with Gasteiger partial charge >= 0.3 is 0 Å². The van der Waals surface area contributed by atoms with Crippen LogP contribution >= 0.6 is 23.2 Å². The van der Waals surface area contributed by atoms with Gasteiger partial charge in [0.15, 0.2) is 11.5 Å². The van der Waals surface area contributed by atoms with E-state index in [0.717, 1.165) is 31.7 Å². The van der Waals surface area contributed by atoms with Gasteiger partial charge in [-0.2, -0.15) is 0 Å². The molecule has 1 amide bonds. The van der Waals surface area contributed by atoms with Gasteiger partial charge in [0, 0.05) is 18.5 Å². The largest absolute Gasteiger partial charge is 0.493 e. The fourth-order valence-electron chi connectivity index (χ4n) is 2.86. The first-order valence-electron chi connectivity index (χ1n) is 8.14. The predicted octanol–water partition coefficient (Wildman–Crippen LogP) is 5.11. The van der Waals surface area contributed by atoms with Crippen LogP contribution in [0.4, 0.5) is 10.1 Å². The Bertz CT molecular complexity index is 806. The summed E-state index contributed by atoms with van der Waals surface area (Å²) in [7, 11) is 1.42. The monoisotopic (exact) mass is 398 g/mol. The number of rotatable bonds is 5. The van der Waals surface area contributed by atoms with Gasteiger partial charge in [0.25, 0.3) is 5.91 Å². The Labute approximate surface area is 160 Å². The molecule has 3 rings (SSSR count). The topological polar surface area (TPSA) is 60.5 Å². The summed E-state index contributed by atoms with van der Waals surface area (Å²) in [6.45, 7) is 0. The van der Waals surface area contributed by atoms with Crippen LogP contribution in [0.5, 0.6) is 11.5 Å². The van der Waals surface area contributed by atoms with Crippen molar-refractivity contribution < 1.29 is 18.7 Å². The third-order valence-electron chi connectivity index (χ3n) is 4.19. The molecule has 5 nitrogen and oxygen atoms in total. The number of aromatic nitrogens is 1. The lowest BCUT2D eigenvalue weighted by Gasteiger charge is -2.17. The number of nitrogens with zero attached hydrogens (tertiary/aromatic N) is 1. The summed E-state index contributed by atoms with van der Waals surface area (Å²) in [5.41, 5.74) is -0.0236. The van der Waals surface area contributed by atoms with Crippen molar-refractivity contribution in [1.29, 1.82) is 0 Å². The average molecular weight is 399 g/mol. The number of halogens is 3. The normalized spacial score (nSPS) is 14.3. The molecule has 8 heteroatoms. The van der Waals surface area contributed by atoms with Crippen LogP contribution in [0.3, 0.4) is 0 Å². The second-order valence-electron chi connectivity index (χ2n) is 5.94. The zero-order chi connectivity index (χ0) is 18.7. The van der Waals surface area contributed by atoms with Crippen LogP contribution in [0.15, 0.2) is 24.5 Å². The zero-order valence-electron chi connectivity index (χ0n) is 14.0. The minimum absolute atomic E-state index is 0.0364. The fraction of sp³-hybridized carbons (Fsp3) is 0.333. The summed E-state index contributed by atoms with van der Waals surface area (Å²) >= 11 is 12.0. The van der Waals surface area contributed by atoms with Gasteiger partial charge in [-0.05, 0) is 31.7 Å². The average Bonchev–Trinajstić information content (AvgIpc) is 3.12. The van der Waals surface area contributed by atoms with E-state index in [1.165, 1.54) is 25.6 Å². The van der Waals surface area contributed by atoms with E-state index in [-0.39, 0.29) is 33.1 Å². The van der Waals surface area contributed by atoms with Gasteiger partial charge in [-0.15, -0.1) is 0 Å². The van der Waals surface area contributed by atoms with Crippen LogP contribution < -0.4 is 14.8 Å². The first kappa shape index (κ1) is 18.7. The highest BCUT2D eigenvalue weighted by molar-refractivity contribution is 6.39. The van der Waals surface area contributed by atoms with Crippen LogP contribution in [0, 0.1) is 5.82 Å². The van der Waals surface area contributed by atoms with Crippen LogP contribution in [0.25, 0.3) is 0 Å². The van der Waals surface area contributed by atoms with Crippen molar-refractivity contribution >= 4 is 34.8 Å². The number of hydrogen-bond acceptors (Lipinski definition) is 4. The zero-order valence-corrected chi connectivity index (χ0v) is 15.5. The van der Waals surface area contributed by atoms with E-state index >= 15 is 0 Å². The van der Waals surface area contributed by atoms with E-state index in [1.54, 1.807) is 0 Å². The van der Waals surface area contributed by atoms with E-state index < -0.39 is 11.7 Å². The first-order chi connectivity index (χ1) is 12.5. The van der Waals surface area contributed by atoms with Crippen molar-refractivity contribution in [1.82, 2.24) is 4.98 Å². The number of ether oxygens (including phenoxy) is 2. The van der Waals surface area contributed by atoms with Gasteiger partial charge in [-0.1, -0.05) is 23.2 Å². The number of amides is 1. The molecule has 26 heavy (non-hydrogen) atoms. The number of carbonyl (C=O) groups excluding carboxylic acids is 1. The van der Waals surface area contributed by atoms with Gasteiger partial charge in [0.05, 0.1) is 34.5 Å². The third-order valence-corrected chi connectivity index (χ3v) is 4.76. The first-order valence-corrected chi connectivity index (χ1v) is 8.89. The third kappa shape index (κ3) is 4.02. The van der Waals surface area contributed by atoms with Crippen molar-refractivity contribution in [3.8, 4) is 11.5 Å². The number of anilines is 1. The molecule has 0 unspecified atom stereocenters. The van der Waals surface area contributed by atoms with Crippen molar-refractivity contribution in [2.45, 2.75) is 31.8 Å². The van der Waals surface area contributed by atoms with Crippen LogP contribution in [-0.2, 0) is 0 Å². The number of carbonyl (C=O) groups is 1. The van der Waals surface area contributed by atoms with Crippen LogP contribution in [0.1, 0.15) is 36.0 Å². The van der Waals surface area contributed by atoms with Crippen molar-refractivity contribution in [2.24, 2.45) is 0 Å². The molecule has 1 N–H and O–H groups in total. The molecule has 138 valence electrons. The Hall–Kier alpha value is -2.05.